The summed E-state index contributed by atoms with van der Waals surface area (Å²) in [5, 5.41) is 4.23. The molecule has 5 nitrogen and oxygen atoms in total. The topological polar surface area (TPSA) is 51.1 Å². The fraction of sp³-hybridized carbons (Fsp3) is 0.364. The second kappa shape index (κ2) is 8.00. The molecule has 0 bridgehead atoms. The van der Waals surface area contributed by atoms with Gasteiger partial charge in [-0.15, -0.1) is 0 Å². The summed E-state index contributed by atoms with van der Waals surface area (Å²) >= 11 is 0. The molecule has 2 aromatic rings. The van der Waals surface area contributed by atoms with E-state index in [4.69, 9.17) is 9.57 Å². The molecule has 0 spiro atoms. The predicted octanol–water partition coefficient (Wildman–Crippen LogP) is 3.77. The highest BCUT2D eigenvalue weighted by atomic mass is 19.1. The van der Waals surface area contributed by atoms with Gasteiger partial charge in [-0.05, 0) is 42.7 Å². The van der Waals surface area contributed by atoms with Crippen LogP contribution in [0.1, 0.15) is 30.4 Å². The van der Waals surface area contributed by atoms with E-state index in [2.05, 4.69) is 5.16 Å². The summed E-state index contributed by atoms with van der Waals surface area (Å²) in [6.07, 6.45) is 2.22. The third-order valence-corrected chi connectivity index (χ3v) is 5.08. The van der Waals surface area contributed by atoms with Crippen molar-refractivity contribution in [2.45, 2.75) is 31.9 Å². The zero-order valence-corrected chi connectivity index (χ0v) is 15.8. The molecule has 1 atom stereocenters. The van der Waals surface area contributed by atoms with Crippen molar-refractivity contribution in [3.05, 3.63) is 65.5 Å². The van der Waals surface area contributed by atoms with Crippen molar-refractivity contribution in [3.63, 3.8) is 0 Å². The minimum Gasteiger partial charge on any atom is -0.496 e. The Hall–Kier alpha value is -2.89. The number of hydrogen-bond donors (Lipinski definition) is 0. The van der Waals surface area contributed by atoms with E-state index in [1.54, 1.807) is 18.1 Å². The van der Waals surface area contributed by atoms with Gasteiger partial charge in [0.05, 0.1) is 19.4 Å². The first-order valence-electron chi connectivity index (χ1n) is 9.53. The predicted molar refractivity (Wildman–Crippen MR) is 104 cm³/mol. The number of hydrogen-bond acceptors (Lipinski definition) is 4. The molecule has 0 radical (unpaired) electrons. The molecule has 4 rings (SSSR count). The number of carbonyl (C=O) groups is 1. The second-order valence-corrected chi connectivity index (χ2v) is 7.29. The molecule has 1 saturated carbocycles. The lowest BCUT2D eigenvalue weighted by Crippen LogP contribution is -2.38. The molecule has 2 aliphatic rings. The van der Waals surface area contributed by atoms with Crippen LogP contribution < -0.4 is 4.74 Å². The van der Waals surface area contributed by atoms with Crippen LogP contribution in [0, 0.1) is 11.7 Å². The Labute approximate surface area is 163 Å². The summed E-state index contributed by atoms with van der Waals surface area (Å²) in [6.45, 7) is 0.797. The molecule has 6 heteroatoms. The van der Waals surface area contributed by atoms with Crippen LogP contribution in [0.3, 0.4) is 0 Å². The van der Waals surface area contributed by atoms with E-state index in [9.17, 15) is 9.18 Å². The zero-order chi connectivity index (χ0) is 19.5. The van der Waals surface area contributed by atoms with Crippen LogP contribution in [-0.2, 0) is 16.2 Å². The Kier molecular flexibility index (Phi) is 5.28. The highest BCUT2D eigenvalue weighted by Crippen LogP contribution is 2.32. The van der Waals surface area contributed by atoms with Gasteiger partial charge in [0.25, 0.3) is 0 Å². The van der Waals surface area contributed by atoms with Gasteiger partial charge in [0, 0.05) is 24.4 Å². The van der Waals surface area contributed by atoms with E-state index >= 15 is 0 Å². The highest BCUT2D eigenvalue weighted by Gasteiger charge is 2.36. The molecule has 146 valence electrons. The van der Waals surface area contributed by atoms with Crippen molar-refractivity contribution < 1.29 is 18.8 Å². The Bertz CT molecular complexity index is 895. The number of carbonyl (C=O) groups excluding carboxylic acids is 1. The Morgan fingerprint density at radius 3 is 2.82 bits per heavy atom. The standard InChI is InChI=1S/C22H23FN2O3/c1-27-21-8-3-2-7-19(21)20-12-18(28-24-20)14-25(22(26)16-9-10-16)13-15-5-4-6-17(23)11-15/h2-8,11,16,18H,9-10,12-14H2,1H3/t18-/m1/s1. The number of oxime groups is 1. The third kappa shape index (κ3) is 4.16. The molecule has 0 unspecified atom stereocenters. The number of para-hydroxylation sites is 1. The van der Waals surface area contributed by atoms with E-state index in [0.717, 1.165) is 35.4 Å². The average Bonchev–Trinajstić information content (AvgIpc) is 3.46. The normalized spacial score (nSPS) is 18.4. The third-order valence-electron chi connectivity index (χ3n) is 5.08. The first kappa shape index (κ1) is 18.5. The Morgan fingerprint density at radius 1 is 1.25 bits per heavy atom. The van der Waals surface area contributed by atoms with Gasteiger partial charge in [-0.3, -0.25) is 4.79 Å². The molecule has 1 amide bonds. The number of halogens is 1. The number of rotatable bonds is 7. The molecule has 2 aromatic carbocycles. The molecule has 0 N–H and O–H groups in total. The van der Waals surface area contributed by atoms with Crippen LogP contribution in [-0.4, -0.2) is 36.3 Å². The van der Waals surface area contributed by atoms with E-state index in [-0.39, 0.29) is 23.7 Å². The van der Waals surface area contributed by atoms with Gasteiger partial charge in [0.2, 0.25) is 5.91 Å². The highest BCUT2D eigenvalue weighted by molar-refractivity contribution is 6.03. The number of benzene rings is 2. The summed E-state index contributed by atoms with van der Waals surface area (Å²) < 4.78 is 19.0. The molecule has 1 aliphatic carbocycles. The van der Waals surface area contributed by atoms with Gasteiger partial charge in [0.15, 0.2) is 6.10 Å². The molecule has 0 saturated heterocycles. The SMILES string of the molecule is COc1ccccc1C1=NO[C@@H](CN(Cc2cccc(F)c2)C(=O)C2CC2)C1. The summed E-state index contributed by atoms with van der Waals surface area (Å²) in [4.78, 5) is 20.2. The van der Waals surface area contributed by atoms with Crippen molar-refractivity contribution in [1.82, 2.24) is 4.90 Å². The van der Waals surface area contributed by atoms with Crippen LogP contribution in [0.15, 0.2) is 53.7 Å². The lowest BCUT2D eigenvalue weighted by Gasteiger charge is -2.25. The summed E-state index contributed by atoms with van der Waals surface area (Å²) in [5.74, 6) is 0.648. The molecule has 1 aliphatic heterocycles. The van der Waals surface area contributed by atoms with Gasteiger partial charge in [0.1, 0.15) is 11.6 Å². The van der Waals surface area contributed by atoms with Crippen molar-refractivity contribution in [3.8, 4) is 5.75 Å². The van der Waals surface area contributed by atoms with Gasteiger partial charge in [-0.2, -0.15) is 0 Å². The van der Waals surface area contributed by atoms with Gasteiger partial charge in [-0.25, -0.2) is 4.39 Å². The number of methoxy groups -OCH3 is 1. The number of nitrogens with zero attached hydrogens (tertiary/aromatic N) is 2. The van der Waals surface area contributed by atoms with E-state index in [1.165, 1.54) is 12.1 Å². The van der Waals surface area contributed by atoms with E-state index in [1.807, 2.05) is 30.3 Å². The molecule has 1 fully saturated rings. The minimum atomic E-state index is -0.296. The lowest BCUT2D eigenvalue weighted by atomic mass is 10.0. The van der Waals surface area contributed by atoms with Crippen LogP contribution in [0.2, 0.25) is 0 Å². The first-order valence-corrected chi connectivity index (χ1v) is 9.53. The van der Waals surface area contributed by atoms with Crippen LogP contribution in [0.4, 0.5) is 4.39 Å². The summed E-state index contributed by atoms with van der Waals surface area (Å²) in [6, 6.07) is 14.1. The molecule has 28 heavy (non-hydrogen) atoms. The molecular weight excluding hydrogens is 359 g/mol. The largest absolute Gasteiger partial charge is 0.496 e. The average molecular weight is 382 g/mol. The van der Waals surface area contributed by atoms with Crippen LogP contribution >= 0.6 is 0 Å². The van der Waals surface area contributed by atoms with Gasteiger partial charge >= 0.3 is 0 Å². The van der Waals surface area contributed by atoms with Crippen molar-refractivity contribution >= 4 is 11.6 Å². The lowest BCUT2D eigenvalue weighted by molar-refractivity contribution is -0.135. The van der Waals surface area contributed by atoms with Crippen LogP contribution in [0.5, 0.6) is 5.75 Å². The molecular formula is C22H23FN2O3. The van der Waals surface area contributed by atoms with E-state index < -0.39 is 0 Å². The first-order chi connectivity index (χ1) is 13.6. The summed E-state index contributed by atoms with van der Waals surface area (Å²) in [7, 11) is 1.63. The number of amides is 1. The van der Waals surface area contributed by atoms with Gasteiger partial charge < -0.3 is 14.5 Å². The smallest absolute Gasteiger partial charge is 0.226 e. The van der Waals surface area contributed by atoms with Crippen molar-refractivity contribution in [1.29, 1.82) is 0 Å². The number of ether oxygens (including phenoxy) is 1. The van der Waals surface area contributed by atoms with Crippen LogP contribution in [0.25, 0.3) is 0 Å². The summed E-state index contributed by atoms with van der Waals surface area (Å²) in [5.41, 5.74) is 2.49. The quantitative estimate of drug-likeness (QED) is 0.733. The Balaban J connectivity index is 1.45. The molecule has 0 aromatic heterocycles. The maximum absolute atomic E-state index is 13.5. The van der Waals surface area contributed by atoms with E-state index in [0.29, 0.717) is 19.5 Å². The fourth-order valence-electron chi connectivity index (χ4n) is 3.49. The Morgan fingerprint density at radius 2 is 2.07 bits per heavy atom. The van der Waals surface area contributed by atoms with Gasteiger partial charge in [-0.1, -0.05) is 29.4 Å². The monoisotopic (exact) mass is 382 g/mol. The molecule has 1 heterocycles. The van der Waals surface area contributed by atoms with Crippen molar-refractivity contribution in [2.75, 3.05) is 13.7 Å². The second-order valence-electron chi connectivity index (χ2n) is 7.29. The maximum Gasteiger partial charge on any atom is 0.226 e. The minimum absolute atomic E-state index is 0.0876. The van der Waals surface area contributed by atoms with Crippen molar-refractivity contribution in [2.24, 2.45) is 11.1 Å². The maximum atomic E-state index is 13.5. The zero-order valence-electron chi connectivity index (χ0n) is 15.8. The fourth-order valence-corrected chi connectivity index (χ4v) is 3.49.